The smallest absolute Gasteiger partial charge is 0.340 e. The minimum Gasteiger partial charge on any atom is -0.340 e. The Balaban J connectivity index is 1.44. The van der Waals surface area contributed by atoms with E-state index >= 15 is 0 Å². The number of urea groups is 1. The number of halogens is 6. The summed E-state index contributed by atoms with van der Waals surface area (Å²) in [6.45, 7) is 1.71. The van der Waals surface area contributed by atoms with Crippen molar-refractivity contribution in [3.05, 3.63) is 83.9 Å². The summed E-state index contributed by atoms with van der Waals surface area (Å²) in [5.74, 6) is 1.51. The van der Waals surface area contributed by atoms with Crippen LogP contribution in [0.3, 0.4) is 0 Å². The van der Waals surface area contributed by atoms with Crippen molar-refractivity contribution < 1.29 is 31.1 Å². The van der Waals surface area contributed by atoms with Crippen molar-refractivity contribution in [2.24, 2.45) is 0 Å². The molecule has 0 fully saturated rings. The fraction of sp³-hybridized carbons (Fsp3) is 0.130. The molecule has 0 aliphatic carbocycles. The number of benzene rings is 2. The molecule has 0 aliphatic heterocycles. The normalized spacial score (nSPS) is 11.8. The second-order valence-corrected chi connectivity index (χ2v) is 7.69. The summed E-state index contributed by atoms with van der Waals surface area (Å²) in [5, 5.41) is 11.6. The van der Waals surface area contributed by atoms with Crippen LogP contribution in [0.2, 0.25) is 0 Å². The molecule has 2 amide bonds. The van der Waals surface area contributed by atoms with E-state index in [4.69, 9.17) is 0 Å². The van der Waals surface area contributed by atoms with Crippen LogP contribution in [0.5, 0.6) is 0 Å². The molecule has 0 atom stereocenters. The predicted molar refractivity (Wildman–Crippen MR) is 123 cm³/mol. The van der Waals surface area contributed by atoms with Crippen molar-refractivity contribution in [3.8, 4) is 5.82 Å². The summed E-state index contributed by atoms with van der Waals surface area (Å²) in [6, 6.07) is 9.36. The quantitative estimate of drug-likeness (QED) is 0.264. The molecule has 0 saturated heterocycles. The Morgan fingerprint density at radius 1 is 0.811 bits per heavy atom. The van der Waals surface area contributed by atoms with Crippen molar-refractivity contribution in [2.45, 2.75) is 19.3 Å². The first-order valence-corrected chi connectivity index (χ1v) is 10.5. The third kappa shape index (κ3) is 6.54. The Kier molecular flexibility index (Phi) is 6.74. The van der Waals surface area contributed by atoms with Crippen LogP contribution in [0.4, 0.5) is 54.0 Å². The molecular weight excluding hydrogens is 504 g/mol. The zero-order valence-electron chi connectivity index (χ0n) is 18.8. The highest BCUT2D eigenvalue weighted by Gasteiger charge is 2.37. The van der Waals surface area contributed by atoms with Crippen LogP contribution in [0.15, 0.2) is 67.0 Å². The molecule has 2 heterocycles. The molecule has 0 saturated carbocycles. The number of rotatable bonds is 5. The molecular formula is C23H17F6N7O. The van der Waals surface area contributed by atoms with Crippen LogP contribution in [-0.4, -0.2) is 25.8 Å². The van der Waals surface area contributed by atoms with E-state index in [9.17, 15) is 31.1 Å². The van der Waals surface area contributed by atoms with Gasteiger partial charge in [0.15, 0.2) is 5.82 Å². The summed E-state index contributed by atoms with van der Waals surface area (Å²) in [6.07, 6.45) is -6.73. The van der Waals surface area contributed by atoms with E-state index in [0.717, 1.165) is 0 Å². The molecule has 2 aromatic carbocycles. The second-order valence-electron chi connectivity index (χ2n) is 7.69. The number of carbonyl (C=O) groups excluding carboxylic acids is 1. The van der Waals surface area contributed by atoms with E-state index in [1.54, 1.807) is 48.3 Å². The van der Waals surface area contributed by atoms with Gasteiger partial charge in [-0.3, -0.25) is 0 Å². The van der Waals surface area contributed by atoms with Crippen molar-refractivity contribution in [1.82, 2.24) is 19.7 Å². The van der Waals surface area contributed by atoms with E-state index in [1.165, 1.54) is 12.1 Å². The second kappa shape index (κ2) is 9.79. The highest BCUT2D eigenvalue weighted by Crippen LogP contribution is 2.37. The van der Waals surface area contributed by atoms with E-state index in [0.29, 0.717) is 35.3 Å². The van der Waals surface area contributed by atoms with Gasteiger partial charge < -0.3 is 16.0 Å². The maximum absolute atomic E-state index is 13.0. The number of nitrogens with zero attached hydrogens (tertiary/aromatic N) is 4. The molecule has 0 bridgehead atoms. The Bertz CT molecular complexity index is 1370. The number of aromatic nitrogens is 4. The van der Waals surface area contributed by atoms with Crippen molar-refractivity contribution >= 4 is 28.9 Å². The number of hydrogen-bond acceptors (Lipinski definition) is 5. The molecule has 0 spiro atoms. The minimum absolute atomic E-state index is 0.0219. The maximum Gasteiger partial charge on any atom is 0.416 e. The molecule has 0 aliphatic rings. The Hall–Kier alpha value is -4.62. The topological polar surface area (TPSA) is 96.8 Å². The van der Waals surface area contributed by atoms with Crippen LogP contribution < -0.4 is 16.0 Å². The number of alkyl halides is 6. The molecule has 4 aromatic rings. The van der Waals surface area contributed by atoms with Crippen molar-refractivity contribution in [2.75, 3.05) is 16.0 Å². The predicted octanol–water partition coefficient (Wildman–Crippen LogP) is 6.40. The van der Waals surface area contributed by atoms with Crippen LogP contribution in [0, 0.1) is 6.92 Å². The highest BCUT2D eigenvalue weighted by atomic mass is 19.4. The summed E-state index contributed by atoms with van der Waals surface area (Å²) >= 11 is 0. The third-order valence-electron chi connectivity index (χ3n) is 4.82. The lowest BCUT2D eigenvalue weighted by Gasteiger charge is -2.15. The van der Waals surface area contributed by atoms with Crippen LogP contribution >= 0.6 is 0 Å². The van der Waals surface area contributed by atoms with E-state index in [-0.39, 0.29) is 11.8 Å². The van der Waals surface area contributed by atoms with Crippen LogP contribution in [0.1, 0.15) is 17.0 Å². The number of nitrogens with one attached hydrogen (secondary N) is 3. The molecule has 2 aromatic heterocycles. The van der Waals surface area contributed by atoms with Gasteiger partial charge in [0.25, 0.3) is 0 Å². The monoisotopic (exact) mass is 521 g/mol. The molecule has 192 valence electrons. The van der Waals surface area contributed by atoms with Gasteiger partial charge in [0.1, 0.15) is 11.6 Å². The molecule has 0 unspecified atom stereocenters. The number of carbonyl (C=O) groups is 1. The summed E-state index contributed by atoms with van der Waals surface area (Å²) < 4.78 is 79.7. The first-order valence-electron chi connectivity index (χ1n) is 10.5. The van der Waals surface area contributed by atoms with E-state index in [1.807, 2.05) is 5.32 Å². The Morgan fingerprint density at radius 3 is 1.97 bits per heavy atom. The number of hydrogen-bond donors (Lipinski definition) is 3. The Morgan fingerprint density at radius 2 is 1.41 bits per heavy atom. The SMILES string of the molecule is Cc1nc(Nc2ccc(NC(=O)Nc3cc(C(F)(F)F)cc(C(F)(F)F)c3)cc2)cc(-n2cccn2)n1. The highest BCUT2D eigenvalue weighted by molar-refractivity contribution is 6.00. The average molecular weight is 521 g/mol. The van der Waals surface area contributed by atoms with E-state index < -0.39 is 35.2 Å². The third-order valence-corrected chi connectivity index (χ3v) is 4.82. The van der Waals surface area contributed by atoms with Crippen LogP contribution in [0.25, 0.3) is 5.82 Å². The van der Waals surface area contributed by atoms with Gasteiger partial charge in [0.05, 0.1) is 11.1 Å². The zero-order chi connectivity index (χ0) is 26.8. The summed E-state index contributed by atoms with van der Waals surface area (Å²) in [5.41, 5.74) is -2.91. The zero-order valence-corrected chi connectivity index (χ0v) is 18.8. The van der Waals surface area contributed by atoms with Gasteiger partial charge >= 0.3 is 18.4 Å². The van der Waals surface area contributed by atoms with Gasteiger partial charge in [0.2, 0.25) is 0 Å². The average Bonchev–Trinajstić information content (AvgIpc) is 3.34. The molecule has 3 N–H and O–H groups in total. The van der Waals surface area contributed by atoms with Crippen molar-refractivity contribution in [1.29, 1.82) is 0 Å². The largest absolute Gasteiger partial charge is 0.416 e. The fourth-order valence-corrected chi connectivity index (χ4v) is 3.24. The van der Waals surface area contributed by atoms with Gasteiger partial charge in [-0.2, -0.15) is 31.4 Å². The fourth-order valence-electron chi connectivity index (χ4n) is 3.24. The van der Waals surface area contributed by atoms with Crippen molar-refractivity contribution in [3.63, 3.8) is 0 Å². The van der Waals surface area contributed by atoms with Crippen LogP contribution in [-0.2, 0) is 12.4 Å². The first kappa shape index (κ1) is 25.5. The lowest BCUT2D eigenvalue weighted by atomic mass is 10.1. The maximum atomic E-state index is 13.0. The molecule has 8 nitrogen and oxygen atoms in total. The first-order chi connectivity index (χ1) is 17.4. The lowest BCUT2D eigenvalue weighted by Crippen LogP contribution is -2.20. The molecule has 4 rings (SSSR count). The van der Waals surface area contributed by atoms with Gasteiger partial charge in [-0.25, -0.2) is 19.4 Å². The number of aryl methyl sites for hydroxylation is 1. The number of anilines is 4. The molecule has 14 heteroatoms. The molecule has 37 heavy (non-hydrogen) atoms. The van der Waals surface area contributed by atoms with Gasteiger partial charge in [-0.1, -0.05) is 0 Å². The van der Waals surface area contributed by atoms with E-state index in [2.05, 4.69) is 25.7 Å². The number of amides is 2. The van der Waals surface area contributed by atoms with Gasteiger partial charge in [0, 0.05) is 35.5 Å². The minimum atomic E-state index is -5.03. The Labute approximate surface area is 205 Å². The van der Waals surface area contributed by atoms with Gasteiger partial charge in [-0.05, 0) is 55.5 Å². The van der Waals surface area contributed by atoms with Gasteiger partial charge in [-0.15, -0.1) is 0 Å². The summed E-state index contributed by atoms with van der Waals surface area (Å²) in [7, 11) is 0. The lowest BCUT2D eigenvalue weighted by molar-refractivity contribution is -0.143. The summed E-state index contributed by atoms with van der Waals surface area (Å²) in [4.78, 5) is 20.9. The standard InChI is InChI=1S/C23H17F6N7O/c1-13-31-19(12-20(32-13)36-8-2-7-30-36)33-16-3-5-17(6-4-16)34-21(37)35-18-10-14(22(24,25)26)9-15(11-18)23(27,28)29/h2-12H,1H3,(H,31,32,33)(H2,34,35,37). The molecule has 0 radical (unpaired) electrons.